The van der Waals surface area contributed by atoms with Gasteiger partial charge >= 0.3 is 0 Å². The van der Waals surface area contributed by atoms with E-state index in [0.29, 0.717) is 68.3 Å². The number of aromatic nitrogens is 10. The summed E-state index contributed by atoms with van der Waals surface area (Å²) in [6.07, 6.45) is 15.2. The Hall–Kier alpha value is -6.61. The molecule has 1 saturated heterocycles. The number of fused-ring (bicyclic) bond motifs is 6. The average Bonchev–Trinajstić information content (AvgIpc) is 3.67. The molecule has 1 aliphatic heterocycles. The molecule has 15 nitrogen and oxygen atoms in total. The average molecular weight is 875 g/mol. The maximum atomic E-state index is 12.8. The third-order valence-corrected chi connectivity index (χ3v) is 12.8. The molecule has 0 bridgehead atoms. The van der Waals surface area contributed by atoms with Crippen LogP contribution in [0.25, 0.3) is 66.9 Å². The molecule has 7 heterocycles. The summed E-state index contributed by atoms with van der Waals surface area (Å²) in [5, 5.41) is 13.0. The highest BCUT2D eigenvalue weighted by molar-refractivity contribution is 6.12. The molecule has 65 heavy (non-hydrogen) atoms. The van der Waals surface area contributed by atoms with Crippen molar-refractivity contribution in [3.63, 3.8) is 0 Å². The topological polar surface area (TPSA) is 162 Å². The van der Waals surface area contributed by atoms with Gasteiger partial charge < -0.3 is 29.2 Å². The summed E-state index contributed by atoms with van der Waals surface area (Å²) in [7, 11) is 0. The van der Waals surface area contributed by atoms with Gasteiger partial charge in [-0.05, 0) is 128 Å². The molecule has 6 aromatic heterocycles. The summed E-state index contributed by atoms with van der Waals surface area (Å²) in [5.41, 5.74) is 14.4. The van der Waals surface area contributed by atoms with E-state index in [-0.39, 0.29) is 0 Å². The van der Waals surface area contributed by atoms with Gasteiger partial charge in [-0.25, -0.2) is 19.9 Å². The number of benzene rings is 2. The maximum absolute atomic E-state index is 12.8. The summed E-state index contributed by atoms with van der Waals surface area (Å²) in [5.74, 6) is 2.73. The van der Waals surface area contributed by atoms with Crippen LogP contribution in [0, 0.1) is 26.7 Å². The number of piperidine rings is 1. The van der Waals surface area contributed by atoms with E-state index >= 15 is 0 Å². The number of rotatable bonds is 17. The Morgan fingerprint density at radius 3 is 1.85 bits per heavy atom. The van der Waals surface area contributed by atoms with Gasteiger partial charge in [0.15, 0.2) is 11.6 Å². The number of carbonyl (C=O) groups excluding carboxylic acids is 1. The van der Waals surface area contributed by atoms with Gasteiger partial charge in [-0.3, -0.25) is 14.2 Å². The first-order valence-electron chi connectivity index (χ1n) is 23.3. The monoisotopic (exact) mass is 874 g/mol. The van der Waals surface area contributed by atoms with E-state index in [1.807, 2.05) is 53.8 Å². The molecule has 15 heteroatoms. The van der Waals surface area contributed by atoms with Crippen molar-refractivity contribution in [2.45, 2.75) is 99.3 Å². The minimum Gasteiger partial charge on any atom is -0.491 e. The number of nitrogens with zero attached hydrogens (tertiary/aromatic N) is 11. The second-order valence-electron chi connectivity index (χ2n) is 17.8. The minimum absolute atomic E-state index is 0.377. The summed E-state index contributed by atoms with van der Waals surface area (Å²) in [4.78, 5) is 35.6. The standard InChI is InChI=1S/C50H58N12O3/c1-6-61-40(24-32(4)56-61)47-52-28-38-36-22-31(3)23-42(65-30-34-14-15-34)44(36)59(49(38)54-47)19-11-12-20-60-45-37(39-29-53-48(55-50(39)60)41-25-33(5)57-62(41)7-2)26-35(46(51)63)27-43(45)64-21-13-18-58-16-9-8-10-17-58/h11-12,22-29,34H,6-10,13-21,30H2,1-5H3,(H2,51,63)/b12-11+. The summed E-state index contributed by atoms with van der Waals surface area (Å²) in [6, 6.07) is 12.0. The highest BCUT2D eigenvalue weighted by atomic mass is 16.5. The zero-order valence-corrected chi connectivity index (χ0v) is 38.2. The first-order chi connectivity index (χ1) is 31.7. The second kappa shape index (κ2) is 17.8. The summed E-state index contributed by atoms with van der Waals surface area (Å²) < 4.78 is 21.6. The van der Waals surface area contributed by atoms with Crippen LogP contribution in [-0.2, 0) is 26.2 Å². The Morgan fingerprint density at radius 2 is 1.29 bits per heavy atom. The van der Waals surface area contributed by atoms with Crippen LogP contribution >= 0.6 is 0 Å². The maximum Gasteiger partial charge on any atom is 0.248 e. The van der Waals surface area contributed by atoms with Gasteiger partial charge in [-0.1, -0.05) is 18.6 Å². The zero-order valence-electron chi connectivity index (χ0n) is 38.2. The lowest BCUT2D eigenvalue weighted by Gasteiger charge is -2.26. The Labute approximate surface area is 378 Å². The van der Waals surface area contributed by atoms with E-state index in [0.717, 1.165) is 104 Å². The van der Waals surface area contributed by atoms with Crippen molar-refractivity contribution in [2.24, 2.45) is 11.7 Å². The van der Waals surface area contributed by atoms with Crippen molar-refractivity contribution in [2.75, 3.05) is 32.8 Å². The van der Waals surface area contributed by atoms with Crippen LogP contribution in [0.3, 0.4) is 0 Å². The predicted octanol–water partition coefficient (Wildman–Crippen LogP) is 8.57. The van der Waals surface area contributed by atoms with Crippen LogP contribution in [-0.4, -0.2) is 92.3 Å². The Kier molecular flexibility index (Phi) is 11.6. The SMILES string of the molecule is CCn1nc(C)cc1-c1ncc2c3cc(C(N)=O)cc(OCCCN4CCCCC4)c3n(C/C=C/Cn3c4nc(-c5cc(C)nn5CC)ncc4c4cc(C)cc(OCC5CC5)c43)c2n1. The van der Waals surface area contributed by atoms with Crippen LogP contribution in [0.15, 0.2) is 60.9 Å². The number of hydrogen-bond donors (Lipinski definition) is 1. The molecule has 2 aliphatic rings. The Morgan fingerprint density at radius 1 is 0.723 bits per heavy atom. The van der Waals surface area contributed by atoms with Crippen molar-refractivity contribution in [3.05, 3.63) is 83.5 Å². The minimum atomic E-state index is -0.520. The van der Waals surface area contributed by atoms with E-state index in [1.165, 1.54) is 32.1 Å². The van der Waals surface area contributed by atoms with Crippen molar-refractivity contribution >= 4 is 49.8 Å². The lowest BCUT2D eigenvalue weighted by atomic mass is 10.1. The molecule has 0 unspecified atom stereocenters. The molecule has 0 radical (unpaired) electrons. The molecule has 10 rings (SSSR count). The number of hydrogen-bond acceptors (Lipinski definition) is 10. The first kappa shape index (κ1) is 42.3. The molecular weight excluding hydrogens is 817 g/mol. The molecule has 2 aromatic carbocycles. The Balaban J connectivity index is 1.07. The number of allylic oxidation sites excluding steroid dienone is 2. The number of nitrogens with two attached hydrogens (primary N) is 1. The van der Waals surface area contributed by atoms with E-state index in [4.69, 9.17) is 40.2 Å². The fraction of sp³-hybridized carbons (Fsp3) is 0.420. The summed E-state index contributed by atoms with van der Waals surface area (Å²) >= 11 is 0. The first-order valence-corrected chi connectivity index (χ1v) is 23.3. The predicted molar refractivity (Wildman–Crippen MR) is 254 cm³/mol. The third-order valence-electron chi connectivity index (χ3n) is 12.8. The normalized spacial score (nSPS) is 14.8. The zero-order chi connectivity index (χ0) is 44.8. The van der Waals surface area contributed by atoms with Crippen molar-refractivity contribution in [1.29, 1.82) is 0 Å². The molecule has 1 aliphatic carbocycles. The molecule has 8 aromatic rings. The van der Waals surface area contributed by atoms with Gasteiger partial charge in [-0.2, -0.15) is 10.2 Å². The van der Waals surface area contributed by atoms with Crippen LogP contribution in [0.4, 0.5) is 0 Å². The van der Waals surface area contributed by atoms with E-state index < -0.39 is 5.91 Å². The van der Waals surface area contributed by atoms with E-state index in [2.05, 4.69) is 64.2 Å². The van der Waals surface area contributed by atoms with Gasteiger partial charge in [0.1, 0.15) is 34.2 Å². The summed E-state index contributed by atoms with van der Waals surface area (Å²) in [6.45, 7) is 17.0. The number of primary amides is 1. The molecule has 2 N–H and O–H groups in total. The van der Waals surface area contributed by atoms with Crippen LogP contribution in [0.5, 0.6) is 11.5 Å². The molecule has 336 valence electrons. The van der Waals surface area contributed by atoms with Crippen LogP contribution in [0.1, 0.15) is 79.7 Å². The highest BCUT2D eigenvalue weighted by Gasteiger charge is 2.25. The molecule has 0 atom stereocenters. The second-order valence-corrected chi connectivity index (χ2v) is 17.8. The smallest absolute Gasteiger partial charge is 0.248 e. The van der Waals surface area contributed by atoms with E-state index in [1.54, 1.807) is 6.07 Å². The third kappa shape index (κ3) is 8.33. The molecule has 0 spiro atoms. The van der Waals surface area contributed by atoms with Crippen LogP contribution in [0.2, 0.25) is 0 Å². The molecule has 1 saturated carbocycles. The Bertz CT molecular complexity index is 3110. The molecular formula is C50H58N12O3. The fourth-order valence-corrected chi connectivity index (χ4v) is 9.47. The van der Waals surface area contributed by atoms with Gasteiger partial charge in [0.05, 0.1) is 35.6 Å². The highest BCUT2D eigenvalue weighted by Crippen LogP contribution is 2.39. The number of carbonyl (C=O) groups is 1. The van der Waals surface area contributed by atoms with Crippen molar-refractivity contribution in [1.82, 2.24) is 53.5 Å². The number of likely N-dealkylation sites (tertiary alicyclic amines) is 1. The fourth-order valence-electron chi connectivity index (χ4n) is 9.47. The molecule has 2 fully saturated rings. The van der Waals surface area contributed by atoms with Gasteiger partial charge in [0.2, 0.25) is 5.91 Å². The quantitative estimate of drug-likeness (QED) is 0.0693. The lowest BCUT2D eigenvalue weighted by molar-refractivity contribution is 0.1000. The van der Waals surface area contributed by atoms with Gasteiger partial charge in [0.25, 0.3) is 0 Å². The van der Waals surface area contributed by atoms with Gasteiger partial charge in [-0.15, -0.1) is 0 Å². The van der Waals surface area contributed by atoms with Gasteiger partial charge in [0, 0.05) is 72.2 Å². The van der Waals surface area contributed by atoms with Crippen molar-refractivity contribution in [3.8, 4) is 34.5 Å². The van der Waals surface area contributed by atoms with Crippen molar-refractivity contribution < 1.29 is 14.3 Å². The van der Waals surface area contributed by atoms with E-state index in [9.17, 15) is 4.79 Å². The molecule has 1 amide bonds. The number of ether oxygens (including phenoxy) is 2. The van der Waals surface area contributed by atoms with Crippen LogP contribution < -0.4 is 15.2 Å². The number of amides is 1. The largest absolute Gasteiger partial charge is 0.491 e. The lowest BCUT2D eigenvalue weighted by Crippen LogP contribution is -2.31. The number of aryl methyl sites for hydroxylation is 5.